The molecule has 0 spiro atoms. The highest BCUT2D eigenvalue weighted by atomic mass is 35.5. The van der Waals surface area contributed by atoms with Gasteiger partial charge in [0.2, 0.25) is 0 Å². The molecular weight excluding hydrogens is 253 g/mol. The van der Waals surface area contributed by atoms with E-state index < -0.39 is 0 Å². The monoisotopic (exact) mass is 267 g/mol. The first kappa shape index (κ1) is 13.1. The Hall–Kier alpha value is -1.39. The van der Waals surface area contributed by atoms with Crippen molar-refractivity contribution >= 4 is 11.6 Å². The molecule has 96 valence electrons. The standard InChI is InChI=1S/C13H15ClFN3/c1-16-12(13-7-18(2)8-17-13)6-9-10(14)4-3-5-11(9)15/h3-5,7-8,12,16H,6H2,1-2H3. The highest BCUT2D eigenvalue weighted by molar-refractivity contribution is 6.31. The zero-order chi connectivity index (χ0) is 13.1. The summed E-state index contributed by atoms with van der Waals surface area (Å²) in [7, 11) is 3.73. The maximum atomic E-state index is 13.7. The molecule has 0 amide bonds. The van der Waals surface area contributed by atoms with E-state index in [0.29, 0.717) is 17.0 Å². The summed E-state index contributed by atoms with van der Waals surface area (Å²) in [6.45, 7) is 0. The van der Waals surface area contributed by atoms with Crippen LogP contribution < -0.4 is 5.32 Å². The molecule has 18 heavy (non-hydrogen) atoms. The summed E-state index contributed by atoms with van der Waals surface area (Å²) in [5.41, 5.74) is 1.39. The predicted octanol–water partition coefficient (Wildman–Crippen LogP) is 2.72. The minimum atomic E-state index is -0.279. The number of aromatic nitrogens is 2. The topological polar surface area (TPSA) is 29.9 Å². The SMILES string of the molecule is CNC(Cc1c(F)cccc1Cl)c1cn(C)cn1. The van der Waals surface area contributed by atoms with E-state index in [4.69, 9.17) is 11.6 Å². The molecule has 1 heterocycles. The van der Waals surface area contributed by atoms with E-state index in [2.05, 4.69) is 10.3 Å². The molecule has 1 aromatic heterocycles. The number of hydrogen-bond acceptors (Lipinski definition) is 2. The average Bonchev–Trinajstić information content (AvgIpc) is 2.76. The van der Waals surface area contributed by atoms with Crippen LogP contribution in [0.2, 0.25) is 5.02 Å². The van der Waals surface area contributed by atoms with Crippen molar-refractivity contribution in [1.29, 1.82) is 0 Å². The molecule has 0 saturated carbocycles. The number of aryl methyl sites for hydroxylation is 1. The maximum absolute atomic E-state index is 13.7. The third-order valence-electron chi connectivity index (χ3n) is 2.90. The van der Waals surface area contributed by atoms with Crippen molar-refractivity contribution in [2.45, 2.75) is 12.5 Å². The van der Waals surface area contributed by atoms with Crippen LogP contribution in [-0.4, -0.2) is 16.6 Å². The number of imidazole rings is 1. The molecule has 0 aliphatic rings. The molecule has 5 heteroatoms. The average molecular weight is 268 g/mol. The first-order chi connectivity index (χ1) is 8.61. The van der Waals surface area contributed by atoms with E-state index >= 15 is 0 Å². The normalized spacial score (nSPS) is 12.7. The quantitative estimate of drug-likeness (QED) is 0.923. The van der Waals surface area contributed by atoms with Crippen LogP contribution in [0.15, 0.2) is 30.7 Å². The summed E-state index contributed by atoms with van der Waals surface area (Å²) < 4.78 is 15.6. The van der Waals surface area contributed by atoms with Crippen LogP contribution >= 0.6 is 11.6 Å². The molecule has 0 aliphatic heterocycles. The lowest BCUT2D eigenvalue weighted by Gasteiger charge is -2.15. The molecule has 2 rings (SSSR count). The fourth-order valence-electron chi connectivity index (χ4n) is 1.90. The van der Waals surface area contributed by atoms with Crippen LogP contribution in [0.3, 0.4) is 0 Å². The van der Waals surface area contributed by atoms with Crippen molar-refractivity contribution in [2.75, 3.05) is 7.05 Å². The lowest BCUT2D eigenvalue weighted by atomic mass is 10.0. The minimum absolute atomic E-state index is 0.0550. The van der Waals surface area contributed by atoms with Gasteiger partial charge in [-0.1, -0.05) is 17.7 Å². The van der Waals surface area contributed by atoms with Gasteiger partial charge in [-0.15, -0.1) is 0 Å². The Morgan fingerprint density at radius 3 is 2.83 bits per heavy atom. The predicted molar refractivity (Wildman–Crippen MR) is 70.1 cm³/mol. The summed E-state index contributed by atoms with van der Waals surface area (Å²) in [4.78, 5) is 4.28. The molecule has 1 N–H and O–H groups in total. The molecule has 1 atom stereocenters. The van der Waals surface area contributed by atoms with Gasteiger partial charge < -0.3 is 9.88 Å². The van der Waals surface area contributed by atoms with Crippen molar-refractivity contribution in [3.63, 3.8) is 0 Å². The number of likely N-dealkylation sites (N-methyl/N-ethyl adjacent to an activating group) is 1. The van der Waals surface area contributed by atoms with E-state index in [-0.39, 0.29) is 11.9 Å². The molecule has 0 bridgehead atoms. The zero-order valence-electron chi connectivity index (χ0n) is 10.3. The number of nitrogens with zero attached hydrogens (tertiary/aromatic N) is 2. The lowest BCUT2D eigenvalue weighted by molar-refractivity contribution is 0.546. The van der Waals surface area contributed by atoms with Crippen LogP contribution in [0.1, 0.15) is 17.3 Å². The highest BCUT2D eigenvalue weighted by Crippen LogP contribution is 2.24. The smallest absolute Gasteiger partial charge is 0.127 e. The highest BCUT2D eigenvalue weighted by Gasteiger charge is 2.17. The second-order valence-electron chi connectivity index (χ2n) is 4.21. The van der Waals surface area contributed by atoms with Crippen LogP contribution in [0.4, 0.5) is 4.39 Å². The molecule has 0 aliphatic carbocycles. The summed E-state index contributed by atoms with van der Waals surface area (Å²) >= 11 is 6.03. The number of benzene rings is 1. The van der Waals surface area contributed by atoms with Crippen LogP contribution in [0.5, 0.6) is 0 Å². The van der Waals surface area contributed by atoms with Gasteiger partial charge in [0.15, 0.2) is 0 Å². The third-order valence-corrected chi connectivity index (χ3v) is 3.25. The van der Waals surface area contributed by atoms with Gasteiger partial charge in [0, 0.05) is 23.8 Å². The molecular formula is C13H15ClFN3. The van der Waals surface area contributed by atoms with Gasteiger partial charge >= 0.3 is 0 Å². The van der Waals surface area contributed by atoms with Gasteiger partial charge in [-0.3, -0.25) is 0 Å². The summed E-state index contributed by atoms with van der Waals surface area (Å²) in [6.07, 6.45) is 4.11. The fraction of sp³-hybridized carbons (Fsp3) is 0.308. The van der Waals surface area contributed by atoms with Crippen molar-refractivity contribution in [3.8, 4) is 0 Å². The largest absolute Gasteiger partial charge is 0.340 e. The van der Waals surface area contributed by atoms with Crippen molar-refractivity contribution in [2.24, 2.45) is 7.05 Å². The number of nitrogens with one attached hydrogen (secondary N) is 1. The van der Waals surface area contributed by atoms with Crippen LogP contribution in [0, 0.1) is 5.82 Å². The second kappa shape index (κ2) is 5.50. The molecule has 3 nitrogen and oxygen atoms in total. The fourth-order valence-corrected chi connectivity index (χ4v) is 2.14. The maximum Gasteiger partial charge on any atom is 0.127 e. The third kappa shape index (κ3) is 2.71. The Labute approximate surface area is 111 Å². The molecule has 2 aromatic rings. The first-order valence-corrected chi connectivity index (χ1v) is 6.07. The van der Waals surface area contributed by atoms with Gasteiger partial charge in [-0.25, -0.2) is 9.37 Å². The molecule has 0 radical (unpaired) electrons. The van der Waals surface area contributed by atoms with Crippen molar-refractivity contribution in [3.05, 3.63) is 52.8 Å². The Bertz CT molecular complexity index is 519. The molecule has 1 unspecified atom stereocenters. The Kier molecular flexibility index (Phi) is 3.99. The second-order valence-corrected chi connectivity index (χ2v) is 4.62. The molecule has 0 saturated heterocycles. The van der Waals surface area contributed by atoms with Gasteiger partial charge in [0.25, 0.3) is 0 Å². The number of hydrogen-bond donors (Lipinski definition) is 1. The summed E-state index contributed by atoms with van der Waals surface area (Å²) in [5, 5.41) is 3.58. The van der Waals surface area contributed by atoms with Gasteiger partial charge in [0.1, 0.15) is 5.82 Å². The summed E-state index contributed by atoms with van der Waals surface area (Å²) in [5.74, 6) is -0.279. The van der Waals surface area contributed by atoms with E-state index in [1.807, 2.05) is 24.9 Å². The Morgan fingerprint density at radius 2 is 2.28 bits per heavy atom. The van der Waals surface area contributed by atoms with Crippen molar-refractivity contribution in [1.82, 2.24) is 14.9 Å². The van der Waals surface area contributed by atoms with Gasteiger partial charge in [0.05, 0.1) is 18.1 Å². The van der Waals surface area contributed by atoms with E-state index in [0.717, 1.165) is 5.69 Å². The van der Waals surface area contributed by atoms with E-state index in [1.54, 1.807) is 18.5 Å². The van der Waals surface area contributed by atoms with Crippen LogP contribution in [0.25, 0.3) is 0 Å². The number of rotatable bonds is 4. The molecule has 0 fully saturated rings. The van der Waals surface area contributed by atoms with Gasteiger partial charge in [-0.2, -0.15) is 0 Å². The minimum Gasteiger partial charge on any atom is -0.340 e. The summed E-state index contributed by atoms with van der Waals surface area (Å²) in [6, 6.07) is 4.67. The lowest BCUT2D eigenvalue weighted by Crippen LogP contribution is -2.20. The van der Waals surface area contributed by atoms with Crippen LogP contribution in [-0.2, 0) is 13.5 Å². The first-order valence-electron chi connectivity index (χ1n) is 5.70. The van der Waals surface area contributed by atoms with Crippen molar-refractivity contribution < 1.29 is 4.39 Å². The molecule has 1 aromatic carbocycles. The Morgan fingerprint density at radius 1 is 1.50 bits per heavy atom. The zero-order valence-corrected chi connectivity index (χ0v) is 11.1. The van der Waals surface area contributed by atoms with E-state index in [1.165, 1.54) is 6.07 Å². The van der Waals surface area contributed by atoms with E-state index in [9.17, 15) is 4.39 Å². The van der Waals surface area contributed by atoms with Gasteiger partial charge in [-0.05, 0) is 25.6 Å². The number of halogens is 2. The Balaban J connectivity index is 2.26.